The highest BCUT2D eigenvalue weighted by molar-refractivity contribution is 7.13. The van der Waals surface area contributed by atoms with Crippen LogP contribution >= 0.6 is 11.3 Å². The van der Waals surface area contributed by atoms with Crippen LogP contribution in [-0.2, 0) is 0 Å². The largest absolute Gasteiger partial charge is 0.339 e. The minimum absolute atomic E-state index is 0.867. The lowest BCUT2D eigenvalue weighted by Crippen LogP contribution is -1.90. The average molecular weight is 267 g/mol. The Hall–Kier alpha value is -2.20. The third-order valence-electron chi connectivity index (χ3n) is 2.76. The number of rotatable bonds is 3. The van der Waals surface area contributed by atoms with E-state index in [1.165, 1.54) is 5.56 Å². The predicted octanol–water partition coefficient (Wildman–Crippen LogP) is 4.26. The SMILES string of the molecule is Cc1ccc(-c2nc(Nc3ccncc3)cs2)cc1. The summed E-state index contributed by atoms with van der Waals surface area (Å²) < 4.78 is 0. The molecule has 0 saturated heterocycles. The maximum atomic E-state index is 4.59. The molecule has 2 aromatic heterocycles. The van der Waals surface area contributed by atoms with Crippen molar-refractivity contribution in [3.8, 4) is 10.6 Å². The molecule has 0 aliphatic carbocycles. The van der Waals surface area contributed by atoms with E-state index in [1.807, 2.05) is 17.5 Å². The van der Waals surface area contributed by atoms with Gasteiger partial charge in [-0.3, -0.25) is 4.98 Å². The Labute approximate surface area is 116 Å². The monoisotopic (exact) mass is 267 g/mol. The van der Waals surface area contributed by atoms with E-state index in [0.29, 0.717) is 0 Å². The van der Waals surface area contributed by atoms with E-state index >= 15 is 0 Å². The molecule has 1 aromatic carbocycles. The zero-order valence-corrected chi connectivity index (χ0v) is 11.3. The van der Waals surface area contributed by atoms with Crippen molar-refractivity contribution in [2.24, 2.45) is 0 Å². The molecule has 0 radical (unpaired) electrons. The van der Waals surface area contributed by atoms with Gasteiger partial charge in [0.1, 0.15) is 10.8 Å². The third kappa shape index (κ3) is 2.80. The summed E-state index contributed by atoms with van der Waals surface area (Å²) in [5, 5.41) is 6.31. The highest BCUT2D eigenvalue weighted by Crippen LogP contribution is 2.27. The molecule has 2 heterocycles. The van der Waals surface area contributed by atoms with Crippen LogP contribution in [-0.4, -0.2) is 9.97 Å². The lowest BCUT2D eigenvalue weighted by Gasteiger charge is -2.01. The lowest BCUT2D eigenvalue weighted by atomic mass is 10.2. The molecule has 0 fully saturated rings. The van der Waals surface area contributed by atoms with Crippen LogP contribution in [0.5, 0.6) is 0 Å². The van der Waals surface area contributed by atoms with Crippen LogP contribution in [0.15, 0.2) is 54.2 Å². The van der Waals surface area contributed by atoms with Gasteiger partial charge in [0.15, 0.2) is 0 Å². The molecule has 0 atom stereocenters. The first-order valence-corrected chi connectivity index (χ1v) is 6.89. The second-order valence-electron chi connectivity index (χ2n) is 4.26. The Kier molecular flexibility index (Phi) is 3.25. The van der Waals surface area contributed by atoms with Gasteiger partial charge in [0, 0.05) is 29.0 Å². The molecular weight excluding hydrogens is 254 g/mol. The smallest absolute Gasteiger partial charge is 0.142 e. The molecule has 0 aliphatic rings. The minimum Gasteiger partial charge on any atom is -0.339 e. The first-order valence-electron chi connectivity index (χ1n) is 6.01. The van der Waals surface area contributed by atoms with Crippen molar-refractivity contribution in [2.45, 2.75) is 6.92 Å². The number of aromatic nitrogens is 2. The Bertz CT molecular complexity index is 659. The van der Waals surface area contributed by atoms with E-state index in [1.54, 1.807) is 23.7 Å². The molecule has 3 nitrogen and oxygen atoms in total. The van der Waals surface area contributed by atoms with Crippen molar-refractivity contribution >= 4 is 22.8 Å². The molecule has 3 rings (SSSR count). The quantitative estimate of drug-likeness (QED) is 0.770. The highest BCUT2D eigenvalue weighted by Gasteiger charge is 2.04. The average Bonchev–Trinajstić information content (AvgIpc) is 2.89. The summed E-state index contributed by atoms with van der Waals surface area (Å²) >= 11 is 1.64. The Balaban J connectivity index is 1.82. The van der Waals surface area contributed by atoms with Crippen LogP contribution < -0.4 is 5.32 Å². The second-order valence-corrected chi connectivity index (χ2v) is 5.12. The zero-order chi connectivity index (χ0) is 13.1. The number of hydrogen-bond acceptors (Lipinski definition) is 4. The summed E-state index contributed by atoms with van der Waals surface area (Å²) in [5.74, 6) is 0.867. The van der Waals surface area contributed by atoms with Crippen LogP contribution in [0.3, 0.4) is 0 Å². The summed E-state index contributed by atoms with van der Waals surface area (Å²) in [7, 11) is 0. The van der Waals surface area contributed by atoms with E-state index < -0.39 is 0 Å². The standard InChI is InChI=1S/C15H13N3S/c1-11-2-4-12(5-3-11)15-18-14(10-19-15)17-13-6-8-16-9-7-13/h2-10H,1H3,(H,16,17). The van der Waals surface area contributed by atoms with Crippen molar-refractivity contribution in [3.05, 3.63) is 59.7 Å². The van der Waals surface area contributed by atoms with Gasteiger partial charge in [-0.25, -0.2) is 4.98 Å². The van der Waals surface area contributed by atoms with E-state index in [0.717, 1.165) is 22.1 Å². The molecule has 0 spiro atoms. The number of nitrogens with zero attached hydrogens (tertiary/aromatic N) is 2. The number of anilines is 2. The zero-order valence-electron chi connectivity index (χ0n) is 10.5. The Morgan fingerprint density at radius 1 is 1.00 bits per heavy atom. The molecule has 0 aliphatic heterocycles. The maximum Gasteiger partial charge on any atom is 0.142 e. The summed E-state index contributed by atoms with van der Waals surface area (Å²) in [4.78, 5) is 8.58. The Morgan fingerprint density at radius 2 is 1.74 bits per heavy atom. The van der Waals surface area contributed by atoms with E-state index in [4.69, 9.17) is 0 Å². The van der Waals surface area contributed by atoms with Gasteiger partial charge >= 0.3 is 0 Å². The molecule has 4 heteroatoms. The van der Waals surface area contributed by atoms with Gasteiger partial charge in [0.05, 0.1) is 0 Å². The molecule has 0 unspecified atom stereocenters. The van der Waals surface area contributed by atoms with Crippen molar-refractivity contribution in [1.29, 1.82) is 0 Å². The van der Waals surface area contributed by atoms with Crippen LogP contribution in [0, 0.1) is 6.92 Å². The molecule has 1 N–H and O–H groups in total. The first-order chi connectivity index (χ1) is 9.31. The lowest BCUT2D eigenvalue weighted by molar-refractivity contribution is 1.31. The van der Waals surface area contributed by atoms with Gasteiger partial charge in [-0.05, 0) is 19.1 Å². The van der Waals surface area contributed by atoms with Gasteiger partial charge < -0.3 is 5.32 Å². The Morgan fingerprint density at radius 3 is 2.47 bits per heavy atom. The summed E-state index contributed by atoms with van der Waals surface area (Å²) in [6.07, 6.45) is 3.52. The fourth-order valence-electron chi connectivity index (χ4n) is 1.74. The number of thiazole rings is 1. The first kappa shape index (κ1) is 11.9. The van der Waals surface area contributed by atoms with Gasteiger partial charge in [0.2, 0.25) is 0 Å². The van der Waals surface area contributed by atoms with Gasteiger partial charge in [-0.15, -0.1) is 11.3 Å². The van der Waals surface area contributed by atoms with Crippen molar-refractivity contribution < 1.29 is 0 Å². The van der Waals surface area contributed by atoms with Gasteiger partial charge in [0.25, 0.3) is 0 Å². The molecular formula is C15H13N3S. The molecule has 0 bridgehead atoms. The second kappa shape index (κ2) is 5.20. The third-order valence-corrected chi connectivity index (χ3v) is 3.65. The highest BCUT2D eigenvalue weighted by atomic mass is 32.1. The number of aryl methyl sites for hydroxylation is 1. The van der Waals surface area contributed by atoms with E-state index in [9.17, 15) is 0 Å². The van der Waals surface area contributed by atoms with E-state index in [-0.39, 0.29) is 0 Å². The van der Waals surface area contributed by atoms with Crippen LogP contribution in [0.4, 0.5) is 11.5 Å². The van der Waals surface area contributed by atoms with Gasteiger partial charge in [-0.2, -0.15) is 0 Å². The van der Waals surface area contributed by atoms with Crippen LogP contribution in [0.25, 0.3) is 10.6 Å². The summed E-state index contributed by atoms with van der Waals surface area (Å²) in [6, 6.07) is 12.3. The molecule has 0 amide bonds. The fraction of sp³-hybridized carbons (Fsp3) is 0.0667. The molecule has 19 heavy (non-hydrogen) atoms. The normalized spacial score (nSPS) is 10.4. The van der Waals surface area contributed by atoms with Crippen LogP contribution in [0.1, 0.15) is 5.56 Å². The van der Waals surface area contributed by atoms with Crippen molar-refractivity contribution in [3.63, 3.8) is 0 Å². The number of hydrogen-bond donors (Lipinski definition) is 1. The molecule has 0 saturated carbocycles. The summed E-state index contributed by atoms with van der Waals surface area (Å²) in [5.41, 5.74) is 3.41. The van der Waals surface area contributed by atoms with Crippen molar-refractivity contribution in [1.82, 2.24) is 9.97 Å². The number of pyridine rings is 1. The fourth-order valence-corrected chi connectivity index (χ4v) is 2.50. The maximum absolute atomic E-state index is 4.59. The van der Waals surface area contributed by atoms with Crippen molar-refractivity contribution in [2.75, 3.05) is 5.32 Å². The van der Waals surface area contributed by atoms with Gasteiger partial charge in [-0.1, -0.05) is 29.8 Å². The summed E-state index contributed by atoms with van der Waals surface area (Å²) in [6.45, 7) is 2.09. The predicted molar refractivity (Wildman–Crippen MR) is 79.8 cm³/mol. The van der Waals surface area contributed by atoms with Crippen LogP contribution in [0.2, 0.25) is 0 Å². The minimum atomic E-state index is 0.867. The topological polar surface area (TPSA) is 37.8 Å². The number of benzene rings is 1. The molecule has 3 aromatic rings. The van der Waals surface area contributed by atoms with E-state index in [2.05, 4.69) is 46.5 Å². The molecule has 94 valence electrons. The number of nitrogens with one attached hydrogen (secondary N) is 1.